The van der Waals surface area contributed by atoms with E-state index in [9.17, 15) is 0 Å². The highest BCUT2D eigenvalue weighted by atomic mass is 16.5. The molecule has 1 aliphatic rings. The molecule has 0 unspecified atom stereocenters. The van der Waals surface area contributed by atoms with Crippen LogP contribution in [0.1, 0.15) is 0 Å². The number of fused-ring (bicyclic) bond motifs is 3. The van der Waals surface area contributed by atoms with Crippen LogP contribution in [0.4, 0.5) is 17.1 Å². The van der Waals surface area contributed by atoms with Gasteiger partial charge in [0.2, 0.25) is 0 Å². The molecule has 0 N–H and O–H groups in total. The Morgan fingerprint density at radius 1 is 0.528 bits per heavy atom. The average Bonchev–Trinajstić information content (AvgIpc) is 2.96. The van der Waals surface area contributed by atoms with Crippen LogP contribution in [0, 0.1) is 0 Å². The second kappa shape index (κ2) is 8.21. The standard InChI is InChI=1S/C28H17N7O/c1-3-10-25-23(7-1)35(24-8-2-4-11-26(24)36-25)22-9-5-6-19-20(22)12-18(27-31-14-29-15-32-27)13-21(19)28-33-16-30-17-34-28/h1-17H. The van der Waals surface area contributed by atoms with Gasteiger partial charge in [0.15, 0.2) is 23.1 Å². The van der Waals surface area contributed by atoms with Crippen molar-refractivity contribution in [3.8, 4) is 34.3 Å². The van der Waals surface area contributed by atoms with Crippen molar-refractivity contribution in [3.05, 3.63) is 104 Å². The first-order chi connectivity index (χ1) is 17.9. The third-order valence-electron chi connectivity index (χ3n) is 6.13. The van der Waals surface area contributed by atoms with Crippen LogP contribution in [0.25, 0.3) is 33.5 Å². The van der Waals surface area contributed by atoms with Crippen molar-refractivity contribution < 1.29 is 4.74 Å². The number of aromatic nitrogens is 6. The number of ether oxygens (including phenoxy) is 1. The minimum atomic E-state index is 0.569. The van der Waals surface area contributed by atoms with Gasteiger partial charge in [-0.1, -0.05) is 36.4 Å². The minimum Gasteiger partial charge on any atom is -0.453 e. The molecule has 2 aromatic heterocycles. The zero-order chi connectivity index (χ0) is 23.9. The van der Waals surface area contributed by atoms with Gasteiger partial charge < -0.3 is 9.64 Å². The third-order valence-corrected chi connectivity index (χ3v) is 6.13. The Labute approximate surface area is 206 Å². The second-order valence-corrected chi connectivity index (χ2v) is 8.19. The molecule has 0 radical (unpaired) electrons. The summed E-state index contributed by atoms with van der Waals surface area (Å²) < 4.78 is 6.23. The quantitative estimate of drug-likeness (QED) is 0.307. The first kappa shape index (κ1) is 20.2. The summed E-state index contributed by atoms with van der Waals surface area (Å²) in [6.45, 7) is 0. The fourth-order valence-electron chi connectivity index (χ4n) is 4.61. The molecule has 4 aromatic carbocycles. The van der Waals surface area contributed by atoms with E-state index < -0.39 is 0 Å². The van der Waals surface area contributed by atoms with Crippen LogP contribution in [0.5, 0.6) is 11.5 Å². The molecule has 36 heavy (non-hydrogen) atoms. The van der Waals surface area contributed by atoms with Crippen LogP contribution in [0.15, 0.2) is 104 Å². The van der Waals surface area contributed by atoms with Crippen LogP contribution in [0.3, 0.4) is 0 Å². The second-order valence-electron chi connectivity index (χ2n) is 8.19. The smallest absolute Gasteiger partial charge is 0.163 e. The van der Waals surface area contributed by atoms with E-state index in [4.69, 9.17) is 4.74 Å². The number of hydrogen-bond donors (Lipinski definition) is 0. The molecular formula is C28H17N7O. The van der Waals surface area contributed by atoms with E-state index in [-0.39, 0.29) is 0 Å². The molecule has 0 fully saturated rings. The number of hydrogen-bond acceptors (Lipinski definition) is 8. The van der Waals surface area contributed by atoms with Crippen LogP contribution in [-0.2, 0) is 0 Å². The minimum absolute atomic E-state index is 0.569. The van der Waals surface area contributed by atoms with Gasteiger partial charge in [0.1, 0.15) is 25.3 Å². The third kappa shape index (κ3) is 3.24. The zero-order valence-corrected chi connectivity index (χ0v) is 18.9. The highest BCUT2D eigenvalue weighted by molar-refractivity contribution is 6.07. The topological polar surface area (TPSA) is 89.8 Å². The van der Waals surface area contributed by atoms with Gasteiger partial charge >= 0.3 is 0 Å². The molecule has 8 heteroatoms. The molecule has 0 atom stereocenters. The molecule has 3 heterocycles. The van der Waals surface area contributed by atoms with Crippen molar-refractivity contribution >= 4 is 27.8 Å². The highest BCUT2D eigenvalue weighted by Crippen LogP contribution is 2.52. The molecule has 6 aromatic rings. The summed E-state index contributed by atoms with van der Waals surface area (Å²) in [4.78, 5) is 27.9. The number of nitrogens with zero attached hydrogens (tertiary/aromatic N) is 7. The molecule has 0 saturated carbocycles. The lowest BCUT2D eigenvalue weighted by molar-refractivity contribution is 0.477. The van der Waals surface area contributed by atoms with Gasteiger partial charge in [0.25, 0.3) is 0 Å². The Morgan fingerprint density at radius 2 is 1.11 bits per heavy atom. The lowest BCUT2D eigenvalue weighted by Gasteiger charge is -2.33. The summed E-state index contributed by atoms with van der Waals surface area (Å²) in [7, 11) is 0. The van der Waals surface area contributed by atoms with Gasteiger partial charge in [-0.05, 0) is 47.9 Å². The van der Waals surface area contributed by atoms with E-state index in [1.807, 2.05) is 48.5 Å². The Hall–Kier alpha value is -5.24. The fraction of sp³-hybridized carbons (Fsp3) is 0. The van der Waals surface area contributed by atoms with Crippen molar-refractivity contribution in [2.75, 3.05) is 4.90 Å². The number of anilines is 3. The predicted molar refractivity (Wildman–Crippen MR) is 136 cm³/mol. The Kier molecular flexibility index (Phi) is 4.60. The van der Waals surface area contributed by atoms with E-state index >= 15 is 0 Å². The summed E-state index contributed by atoms with van der Waals surface area (Å²) in [6.07, 6.45) is 6.00. The maximum absolute atomic E-state index is 6.23. The van der Waals surface area contributed by atoms with E-state index in [2.05, 4.69) is 65.1 Å². The monoisotopic (exact) mass is 467 g/mol. The molecule has 0 aliphatic carbocycles. The largest absolute Gasteiger partial charge is 0.453 e. The first-order valence-corrected chi connectivity index (χ1v) is 11.3. The summed E-state index contributed by atoms with van der Waals surface area (Å²) in [5.74, 6) is 2.73. The lowest BCUT2D eigenvalue weighted by Crippen LogP contribution is -2.16. The maximum atomic E-state index is 6.23. The Morgan fingerprint density at radius 3 is 1.78 bits per heavy atom. The normalized spacial score (nSPS) is 12.1. The molecule has 0 bridgehead atoms. The molecule has 170 valence electrons. The van der Waals surface area contributed by atoms with Gasteiger partial charge in [-0.15, -0.1) is 0 Å². The van der Waals surface area contributed by atoms with Crippen molar-refractivity contribution in [3.63, 3.8) is 0 Å². The van der Waals surface area contributed by atoms with Gasteiger partial charge in [-0.3, -0.25) is 0 Å². The van der Waals surface area contributed by atoms with Crippen LogP contribution in [0.2, 0.25) is 0 Å². The summed E-state index contributed by atoms with van der Waals surface area (Å²) in [5, 5.41) is 2.00. The molecule has 0 spiro atoms. The van der Waals surface area contributed by atoms with E-state index in [1.165, 1.54) is 25.3 Å². The Bertz CT molecular complexity index is 1680. The maximum Gasteiger partial charge on any atom is 0.163 e. The van der Waals surface area contributed by atoms with E-state index in [1.54, 1.807) is 0 Å². The average molecular weight is 467 g/mol. The molecule has 1 aliphatic heterocycles. The molecule has 7 rings (SSSR count). The first-order valence-electron chi connectivity index (χ1n) is 11.3. The summed E-state index contributed by atoms with van der Waals surface area (Å²) in [5.41, 5.74) is 4.60. The fourth-order valence-corrected chi connectivity index (χ4v) is 4.61. The number of para-hydroxylation sites is 4. The summed E-state index contributed by atoms with van der Waals surface area (Å²) >= 11 is 0. The van der Waals surface area contributed by atoms with Crippen molar-refractivity contribution in [2.24, 2.45) is 0 Å². The molecular weight excluding hydrogens is 450 g/mol. The van der Waals surface area contributed by atoms with Crippen LogP contribution in [-0.4, -0.2) is 29.9 Å². The molecule has 0 amide bonds. The van der Waals surface area contributed by atoms with Crippen molar-refractivity contribution in [2.45, 2.75) is 0 Å². The van der Waals surface area contributed by atoms with Gasteiger partial charge in [0, 0.05) is 16.5 Å². The zero-order valence-electron chi connectivity index (χ0n) is 18.9. The highest BCUT2D eigenvalue weighted by Gasteiger charge is 2.27. The van der Waals surface area contributed by atoms with E-state index in [0.717, 1.165) is 50.5 Å². The predicted octanol–water partition coefficient (Wildman–Crippen LogP) is 6.12. The van der Waals surface area contributed by atoms with Gasteiger partial charge in [-0.2, -0.15) is 0 Å². The van der Waals surface area contributed by atoms with Crippen molar-refractivity contribution in [1.82, 2.24) is 29.9 Å². The number of benzene rings is 4. The number of rotatable bonds is 3. The molecule has 8 nitrogen and oxygen atoms in total. The van der Waals surface area contributed by atoms with E-state index in [0.29, 0.717) is 11.6 Å². The van der Waals surface area contributed by atoms with Crippen LogP contribution >= 0.6 is 0 Å². The van der Waals surface area contributed by atoms with Gasteiger partial charge in [-0.25, -0.2) is 29.9 Å². The SMILES string of the molecule is c1ccc2c(c1)Oc1ccccc1N2c1cccc2c(-c3ncncn3)cc(-c3ncncn3)cc12. The van der Waals surface area contributed by atoms with Crippen molar-refractivity contribution in [1.29, 1.82) is 0 Å². The molecule has 0 saturated heterocycles. The van der Waals surface area contributed by atoms with Gasteiger partial charge in [0.05, 0.1) is 17.1 Å². The summed E-state index contributed by atoms with van der Waals surface area (Å²) in [6, 6.07) is 26.4. The Balaban J connectivity index is 1.56. The lowest BCUT2D eigenvalue weighted by atomic mass is 9.97. The van der Waals surface area contributed by atoms with Crippen LogP contribution < -0.4 is 9.64 Å².